The zero-order valence-corrected chi connectivity index (χ0v) is 20.8. The number of ketones is 1. The molecule has 0 atom stereocenters. The lowest BCUT2D eigenvalue weighted by Crippen LogP contribution is -2.35. The number of ether oxygens (including phenoxy) is 2. The van der Waals surface area contributed by atoms with Crippen LogP contribution in [0.3, 0.4) is 0 Å². The highest BCUT2D eigenvalue weighted by Crippen LogP contribution is 2.26. The molecule has 0 aliphatic carbocycles. The Hall–Kier alpha value is -2.51. The number of hydrogen-bond donors (Lipinski definition) is 0. The van der Waals surface area contributed by atoms with Gasteiger partial charge in [0.25, 0.3) is 0 Å². The molecule has 180 valence electrons. The largest absolute Gasteiger partial charge is 0.379 e. The number of Topliss-reactive ketones (excluding diaryl/α,β-unsaturated/α-hetero) is 1. The summed E-state index contributed by atoms with van der Waals surface area (Å²) >= 11 is 6.45. The summed E-state index contributed by atoms with van der Waals surface area (Å²) in [6.45, 7) is 10.2. The highest BCUT2D eigenvalue weighted by Gasteiger charge is 2.25. The van der Waals surface area contributed by atoms with Crippen molar-refractivity contribution in [2.24, 2.45) is 0 Å². The number of carbonyl (C=O) groups excluding carboxylic acids is 1. The maximum Gasteiger partial charge on any atom is 0.161 e. The first-order valence-electron chi connectivity index (χ1n) is 11.7. The molecular formula is C27H32ClN3O3. The van der Waals surface area contributed by atoms with Gasteiger partial charge in [0, 0.05) is 30.2 Å². The Morgan fingerprint density at radius 3 is 2.59 bits per heavy atom. The van der Waals surface area contributed by atoms with Gasteiger partial charge in [-0.05, 0) is 50.1 Å². The minimum absolute atomic E-state index is 0.0148. The van der Waals surface area contributed by atoms with Crippen molar-refractivity contribution in [1.82, 2.24) is 14.7 Å². The van der Waals surface area contributed by atoms with E-state index in [0.717, 1.165) is 55.4 Å². The number of morpholine rings is 1. The van der Waals surface area contributed by atoms with Crippen molar-refractivity contribution in [2.45, 2.75) is 46.1 Å². The second-order valence-corrected chi connectivity index (χ2v) is 9.62. The SMILES string of the molecule is CC(=O)C(C)(C)OCc1cc(-c2cccc(CN3CCOCC3)c2)n(Cc2ccccc2Cl)n1. The van der Waals surface area contributed by atoms with Crippen LogP contribution in [0.4, 0.5) is 0 Å². The van der Waals surface area contributed by atoms with Crippen LogP contribution >= 0.6 is 11.6 Å². The molecule has 0 spiro atoms. The van der Waals surface area contributed by atoms with E-state index < -0.39 is 5.60 Å². The molecule has 0 radical (unpaired) electrons. The third-order valence-corrected chi connectivity index (χ3v) is 6.64. The fourth-order valence-corrected chi connectivity index (χ4v) is 4.08. The number of aromatic nitrogens is 2. The molecule has 1 aliphatic rings. The summed E-state index contributed by atoms with van der Waals surface area (Å²) in [6.07, 6.45) is 0. The topological polar surface area (TPSA) is 56.6 Å². The van der Waals surface area contributed by atoms with Crippen LogP contribution in [0.1, 0.15) is 37.6 Å². The summed E-state index contributed by atoms with van der Waals surface area (Å²) in [4.78, 5) is 14.3. The molecule has 3 aromatic rings. The van der Waals surface area contributed by atoms with Crippen molar-refractivity contribution in [3.63, 3.8) is 0 Å². The molecule has 34 heavy (non-hydrogen) atoms. The van der Waals surface area contributed by atoms with Gasteiger partial charge < -0.3 is 9.47 Å². The molecule has 0 amide bonds. The molecule has 6 nitrogen and oxygen atoms in total. The van der Waals surface area contributed by atoms with Crippen LogP contribution in [0.25, 0.3) is 11.3 Å². The van der Waals surface area contributed by atoms with Crippen LogP contribution in [0, 0.1) is 0 Å². The van der Waals surface area contributed by atoms with Crippen LogP contribution in [-0.2, 0) is 34.0 Å². The maximum atomic E-state index is 11.9. The molecule has 1 aromatic heterocycles. The zero-order chi connectivity index (χ0) is 24.1. The lowest BCUT2D eigenvalue weighted by Gasteiger charge is -2.26. The second kappa shape index (κ2) is 10.8. The van der Waals surface area contributed by atoms with E-state index in [1.807, 2.05) is 35.0 Å². The van der Waals surface area contributed by atoms with Crippen LogP contribution in [0.5, 0.6) is 0 Å². The average Bonchev–Trinajstić information content (AvgIpc) is 3.23. The predicted octanol–water partition coefficient (Wildman–Crippen LogP) is 4.97. The molecule has 0 saturated carbocycles. The van der Waals surface area contributed by atoms with Gasteiger partial charge >= 0.3 is 0 Å². The number of hydrogen-bond acceptors (Lipinski definition) is 5. The highest BCUT2D eigenvalue weighted by molar-refractivity contribution is 6.31. The van der Waals surface area contributed by atoms with Gasteiger partial charge in [0.2, 0.25) is 0 Å². The summed E-state index contributed by atoms with van der Waals surface area (Å²) < 4.78 is 13.4. The Morgan fingerprint density at radius 2 is 1.85 bits per heavy atom. The molecule has 0 bridgehead atoms. The maximum absolute atomic E-state index is 11.9. The van der Waals surface area contributed by atoms with Crippen molar-refractivity contribution >= 4 is 17.4 Å². The second-order valence-electron chi connectivity index (χ2n) is 9.21. The molecule has 1 fully saturated rings. The minimum Gasteiger partial charge on any atom is -0.379 e. The molecule has 4 rings (SSSR count). The predicted molar refractivity (Wildman–Crippen MR) is 134 cm³/mol. The number of benzene rings is 2. The van der Waals surface area contributed by atoms with Gasteiger partial charge in [0.1, 0.15) is 5.60 Å². The molecular weight excluding hydrogens is 450 g/mol. The van der Waals surface area contributed by atoms with Crippen LogP contribution in [0.2, 0.25) is 5.02 Å². The summed E-state index contributed by atoms with van der Waals surface area (Å²) in [6, 6.07) is 18.4. The zero-order valence-electron chi connectivity index (χ0n) is 20.1. The van der Waals surface area contributed by atoms with Gasteiger partial charge in [0.15, 0.2) is 5.78 Å². The first-order valence-corrected chi connectivity index (χ1v) is 12.0. The highest BCUT2D eigenvalue weighted by atomic mass is 35.5. The van der Waals surface area contributed by atoms with E-state index in [2.05, 4.69) is 29.2 Å². The number of carbonyl (C=O) groups is 1. The Balaban J connectivity index is 1.63. The third kappa shape index (κ3) is 6.13. The molecule has 1 saturated heterocycles. The minimum atomic E-state index is -0.856. The van der Waals surface area contributed by atoms with Crippen LogP contribution in [0.15, 0.2) is 54.6 Å². The Kier molecular flexibility index (Phi) is 7.84. The Labute approximate surface area is 206 Å². The summed E-state index contributed by atoms with van der Waals surface area (Å²) in [7, 11) is 0. The lowest BCUT2D eigenvalue weighted by molar-refractivity contribution is -0.139. The smallest absolute Gasteiger partial charge is 0.161 e. The molecule has 2 aromatic carbocycles. The van der Waals surface area contributed by atoms with Crippen molar-refractivity contribution in [2.75, 3.05) is 26.3 Å². The van der Waals surface area contributed by atoms with Gasteiger partial charge in [-0.2, -0.15) is 5.10 Å². The summed E-state index contributed by atoms with van der Waals surface area (Å²) in [5, 5.41) is 5.53. The van der Waals surface area contributed by atoms with Crippen molar-refractivity contribution in [3.05, 3.63) is 76.4 Å². The molecule has 1 aliphatic heterocycles. The third-order valence-electron chi connectivity index (χ3n) is 6.27. The summed E-state index contributed by atoms with van der Waals surface area (Å²) in [5.41, 5.74) is 4.24. The average molecular weight is 482 g/mol. The normalized spacial score (nSPS) is 14.9. The molecule has 2 heterocycles. The van der Waals surface area contributed by atoms with Crippen molar-refractivity contribution in [1.29, 1.82) is 0 Å². The Morgan fingerprint density at radius 1 is 1.09 bits per heavy atom. The lowest BCUT2D eigenvalue weighted by atomic mass is 10.1. The van der Waals surface area contributed by atoms with Gasteiger partial charge in [-0.3, -0.25) is 14.4 Å². The van der Waals surface area contributed by atoms with E-state index >= 15 is 0 Å². The standard InChI is InChI=1S/C27H32ClN3O3/c1-20(32)27(2,3)34-19-24-16-26(31(29-24)18-23-8-4-5-10-25(23)28)22-9-6-7-21(15-22)17-30-11-13-33-14-12-30/h4-10,15-16H,11-14,17-19H2,1-3H3. The van der Waals surface area contributed by atoms with Crippen molar-refractivity contribution in [3.8, 4) is 11.3 Å². The van der Waals surface area contributed by atoms with Crippen LogP contribution in [-0.4, -0.2) is 52.4 Å². The molecule has 0 N–H and O–H groups in total. The van der Waals surface area contributed by atoms with Gasteiger partial charge in [-0.1, -0.05) is 48.0 Å². The van der Waals surface area contributed by atoms with E-state index in [1.54, 1.807) is 20.8 Å². The van der Waals surface area contributed by atoms with E-state index in [0.29, 0.717) is 11.6 Å². The van der Waals surface area contributed by atoms with E-state index in [1.165, 1.54) is 5.56 Å². The van der Waals surface area contributed by atoms with Crippen LogP contribution < -0.4 is 0 Å². The molecule has 7 heteroatoms. The van der Waals surface area contributed by atoms with Crippen molar-refractivity contribution < 1.29 is 14.3 Å². The molecule has 0 unspecified atom stereocenters. The first-order chi connectivity index (χ1) is 16.3. The number of nitrogens with zero attached hydrogens (tertiary/aromatic N) is 3. The Bertz CT molecular complexity index is 1140. The first kappa shape index (κ1) is 24.6. The monoisotopic (exact) mass is 481 g/mol. The van der Waals surface area contributed by atoms with E-state index in [9.17, 15) is 4.79 Å². The fourth-order valence-electron chi connectivity index (χ4n) is 3.88. The quantitative estimate of drug-likeness (QED) is 0.432. The number of halogens is 1. The van der Waals surface area contributed by atoms with Gasteiger partial charge in [-0.15, -0.1) is 0 Å². The van der Waals surface area contributed by atoms with E-state index in [4.69, 9.17) is 26.2 Å². The van der Waals surface area contributed by atoms with Gasteiger partial charge in [-0.25, -0.2) is 0 Å². The number of rotatable bonds is 9. The fraction of sp³-hybridized carbons (Fsp3) is 0.407. The van der Waals surface area contributed by atoms with Gasteiger partial charge in [0.05, 0.1) is 37.8 Å². The van der Waals surface area contributed by atoms with E-state index in [-0.39, 0.29) is 12.4 Å². The summed E-state index contributed by atoms with van der Waals surface area (Å²) in [5.74, 6) is -0.0148.